The summed E-state index contributed by atoms with van der Waals surface area (Å²) in [7, 11) is 0. The summed E-state index contributed by atoms with van der Waals surface area (Å²) < 4.78 is 2.06. The normalized spacial score (nSPS) is 20.3. The first-order valence-electron chi connectivity index (χ1n) is 8.23. The number of nitrogens with zero attached hydrogens (tertiary/aromatic N) is 4. The fourth-order valence-electron chi connectivity index (χ4n) is 3.33. The zero-order valence-electron chi connectivity index (χ0n) is 12.8. The molecule has 2 aromatic heterocycles. The molecule has 5 heteroatoms. The number of aromatic nitrogens is 2. The Balaban J connectivity index is 1.34. The van der Waals surface area contributed by atoms with E-state index in [2.05, 4.69) is 25.4 Å². The van der Waals surface area contributed by atoms with E-state index in [1.165, 1.54) is 6.42 Å². The largest absolute Gasteiger partial charge is 0.340 e. The number of carbonyl (C=O) groups excluding carboxylic acids is 1. The fraction of sp³-hybridized carbons (Fsp3) is 0.529. The van der Waals surface area contributed by atoms with Crippen molar-refractivity contribution >= 4 is 11.6 Å². The molecular formula is C17H22N4O. The van der Waals surface area contributed by atoms with E-state index in [0.29, 0.717) is 11.8 Å². The van der Waals surface area contributed by atoms with Crippen molar-refractivity contribution in [1.82, 2.24) is 19.2 Å². The van der Waals surface area contributed by atoms with Crippen LogP contribution < -0.4 is 0 Å². The molecule has 2 fully saturated rings. The third-order valence-electron chi connectivity index (χ3n) is 4.94. The number of pyridine rings is 1. The van der Waals surface area contributed by atoms with Crippen LogP contribution in [0.5, 0.6) is 0 Å². The Kier molecular flexibility index (Phi) is 3.58. The van der Waals surface area contributed by atoms with E-state index in [9.17, 15) is 4.79 Å². The van der Waals surface area contributed by atoms with E-state index in [-0.39, 0.29) is 0 Å². The van der Waals surface area contributed by atoms with Crippen molar-refractivity contribution in [2.45, 2.75) is 25.8 Å². The zero-order valence-corrected chi connectivity index (χ0v) is 12.8. The molecule has 0 aromatic carbocycles. The minimum Gasteiger partial charge on any atom is -0.340 e. The van der Waals surface area contributed by atoms with Gasteiger partial charge in [0.1, 0.15) is 5.65 Å². The Morgan fingerprint density at radius 2 is 2.00 bits per heavy atom. The van der Waals surface area contributed by atoms with Crippen LogP contribution in [0.2, 0.25) is 0 Å². The lowest BCUT2D eigenvalue weighted by atomic mass is 9.84. The highest BCUT2D eigenvalue weighted by atomic mass is 16.2. The van der Waals surface area contributed by atoms with E-state index < -0.39 is 0 Å². The van der Waals surface area contributed by atoms with Gasteiger partial charge in [-0.15, -0.1) is 0 Å². The maximum atomic E-state index is 12.3. The smallest absolute Gasteiger partial charge is 0.225 e. The third-order valence-corrected chi connectivity index (χ3v) is 4.94. The molecule has 4 rings (SSSR count). The lowest BCUT2D eigenvalue weighted by molar-refractivity contribution is -0.140. The SMILES string of the molecule is O=C(C1CCC1)N1CCN(Cc2cn3ccccc3n2)CC1. The number of fused-ring (bicyclic) bond motifs is 1. The number of piperazine rings is 1. The van der Waals surface area contributed by atoms with Gasteiger partial charge in [-0.1, -0.05) is 12.5 Å². The van der Waals surface area contributed by atoms with E-state index in [4.69, 9.17) is 0 Å². The van der Waals surface area contributed by atoms with Gasteiger partial charge in [0.25, 0.3) is 0 Å². The molecule has 1 saturated heterocycles. The molecule has 0 radical (unpaired) electrons. The minimum atomic E-state index is 0.324. The van der Waals surface area contributed by atoms with Gasteiger partial charge >= 0.3 is 0 Å². The molecule has 2 aromatic rings. The van der Waals surface area contributed by atoms with Crippen LogP contribution >= 0.6 is 0 Å². The standard InChI is InChI=1S/C17H22N4O/c22-17(14-4-3-5-14)20-10-8-19(9-11-20)12-15-13-21-7-2-1-6-16(21)18-15/h1-2,6-7,13-14H,3-5,8-12H2. The van der Waals surface area contributed by atoms with Crippen molar-refractivity contribution in [2.24, 2.45) is 5.92 Å². The van der Waals surface area contributed by atoms with Crippen molar-refractivity contribution < 1.29 is 4.79 Å². The number of amides is 1. The van der Waals surface area contributed by atoms with Crippen LogP contribution in [0.1, 0.15) is 25.0 Å². The van der Waals surface area contributed by atoms with E-state index >= 15 is 0 Å². The molecule has 116 valence electrons. The molecule has 3 heterocycles. The maximum Gasteiger partial charge on any atom is 0.225 e. The van der Waals surface area contributed by atoms with Gasteiger partial charge in [0.15, 0.2) is 0 Å². The molecule has 22 heavy (non-hydrogen) atoms. The molecule has 0 unspecified atom stereocenters. The third kappa shape index (κ3) is 2.61. The van der Waals surface area contributed by atoms with Gasteiger partial charge in [0.2, 0.25) is 5.91 Å². The summed E-state index contributed by atoms with van der Waals surface area (Å²) in [5.74, 6) is 0.712. The van der Waals surface area contributed by atoms with Gasteiger partial charge in [-0.2, -0.15) is 0 Å². The first kappa shape index (κ1) is 13.8. The second-order valence-corrected chi connectivity index (χ2v) is 6.43. The van der Waals surface area contributed by atoms with Crippen molar-refractivity contribution in [3.8, 4) is 0 Å². The fourth-order valence-corrected chi connectivity index (χ4v) is 3.33. The van der Waals surface area contributed by atoms with Crippen LogP contribution in [0.3, 0.4) is 0 Å². The monoisotopic (exact) mass is 298 g/mol. The van der Waals surface area contributed by atoms with Gasteiger partial charge < -0.3 is 9.30 Å². The highest BCUT2D eigenvalue weighted by Gasteiger charge is 2.31. The molecule has 0 spiro atoms. The molecule has 1 amide bonds. The molecule has 2 aliphatic rings. The molecule has 0 bridgehead atoms. The summed E-state index contributed by atoms with van der Waals surface area (Å²) in [5, 5.41) is 0. The predicted octanol–water partition coefficient (Wildman–Crippen LogP) is 1.78. The second-order valence-electron chi connectivity index (χ2n) is 6.43. The number of hydrogen-bond donors (Lipinski definition) is 0. The van der Waals surface area contributed by atoms with Gasteiger partial charge in [-0.25, -0.2) is 4.98 Å². The van der Waals surface area contributed by atoms with Gasteiger partial charge in [0, 0.05) is 51.0 Å². The summed E-state index contributed by atoms with van der Waals surface area (Å²) in [5.41, 5.74) is 2.10. The average Bonchev–Trinajstić information content (AvgIpc) is 2.88. The molecule has 0 N–H and O–H groups in total. The Morgan fingerprint density at radius 3 is 2.68 bits per heavy atom. The topological polar surface area (TPSA) is 40.9 Å². The Morgan fingerprint density at radius 1 is 1.18 bits per heavy atom. The average molecular weight is 298 g/mol. The summed E-state index contributed by atoms with van der Waals surface area (Å²) in [6.07, 6.45) is 7.55. The van der Waals surface area contributed by atoms with Crippen LogP contribution in [0, 0.1) is 5.92 Å². The molecule has 5 nitrogen and oxygen atoms in total. The van der Waals surface area contributed by atoms with Gasteiger partial charge in [0.05, 0.1) is 5.69 Å². The van der Waals surface area contributed by atoms with Crippen LogP contribution in [0.25, 0.3) is 5.65 Å². The summed E-state index contributed by atoms with van der Waals surface area (Å²) in [4.78, 5) is 21.4. The van der Waals surface area contributed by atoms with Crippen LogP contribution in [-0.2, 0) is 11.3 Å². The number of imidazole rings is 1. The van der Waals surface area contributed by atoms with E-state index in [1.807, 2.05) is 24.4 Å². The minimum absolute atomic E-state index is 0.324. The molecule has 1 saturated carbocycles. The zero-order chi connectivity index (χ0) is 14.9. The lowest BCUT2D eigenvalue weighted by Gasteiger charge is -2.38. The predicted molar refractivity (Wildman–Crippen MR) is 84.4 cm³/mol. The Labute approximate surface area is 130 Å². The van der Waals surface area contributed by atoms with Gasteiger partial charge in [-0.05, 0) is 25.0 Å². The Bertz CT molecular complexity index is 635. The van der Waals surface area contributed by atoms with Gasteiger partial charge in [-0.3, -0.25) is 9.69 Å². The number of carbonyl (C=O) groups is 1. The van der Waals surface area contributed by atoms with Crippen LogP contribution in [0.15, 0.2) is 30.6 Å². The first-order chi connectivity index (χ1) is 10.8. The summed E-state index contributed by atoms with van der Waals surface area (Å²) in [6.45, 7) is 4.50. The lowest BCUT2D eigenvalue weighted by Crippen LogP contribution is -2.50. The highest BCUT2D eigenvalue weighted by molar-refractivity contribution is 5.79. The van der Waals surface area contributed by atoms with Crippen molar-refractivity contribution in [1.29, 1.82) is 0 Å². The number of rotatable bonds is 3. The number of hydrogen-bond acceptors (Lipinski definition) is 3. The van der Waals surface area contributed by atoms with Crippen molar-refractivity contribution in [3.63, 3.8) is 0 Å². The Hall–Kier alpha value is -1.88. The summed E-state index contributed by atoms with van der Waals surface area (Å²) in [6, 6.07) is 6.05. The molecular weight excluding hydrogens is 276 g/mol. The quantitative estimate of drug-likeness (QED) is 0.867. The molecule has 0 atom stereocenters. The van der Waals surface area contributed by atoms with Crippen LogP contribution in [0.4, 0.5) is 0 Å². The van der Waals surface area contributed by atoms with Crippen LogP contribution in [-0.4, -0.2) is 51.3 Å². The summed E-state index contributed by atoms with van der Waals surface area (Å²) >= 11 is 0. The molecule has 1 aliphatic carbocycles. The first-order valence-corrected chi connectivity index (χ1v) is 8.23. The van der Waals surface area contributed by atoms with Crippen molar-refractivity contribution in [2.75, 3.05) is 26.2 Å². The molecule has 1 aliphatic heterocycles. The second kappa shape index (κ2) is 5.72. The highest BCUT2D eigenvalue weighted by Crippen LogP contribution is 2.28. The maximum absolute atomic E-state index is 12.3. The van der Waals surface area contributed by atoms with Crippen molar-refractivity contribution in [3.05, 3.63) is 36.3 Å². The van der Waals surface area contributed by atoms with E-state index in [1.54, 1.807) is 0 Å². The van der Waals surface area contributed by atoms with E-state index in [0.717, 1.165) is 56.9 Å².